The van der Waals surface area contributed by atoms with E-state index in [1.54, 1.807) is 18.2 Å². The molecule has 0 radical (unpaired) electrons. The van der Waals surface area contributed by atoms with Gasteiger partial charge in [0.25, 0.3) is 11.8 Å². The van der Waals surface area contributed by atoms with Gasteiger partial charge in [-0.05, 0) is 86.5 Å². The molecule has 4 amide bonds. The lowest BCUT2D eigenvalue weighted by Gasteiger charge is -2.57. The first-order valence-corrected chi connectivity index (χ1v) is 14.0. The largest absolute Gasteiger partial charge is 0.486 e. The Bertz CT molecular complexity index is 1330. The van der Waals surface area contributed by atoms with E-state index in [1.807, 2.05) is 12.3 Å². The Morgan fingerprint density at radius 2 is 1.72 bits per heavy atom. The van der Waals surface area contributed by atoms with Crippen molar-refractivity contribution in [2.75, 3.05) is 0 Å². The summed E-state index contributed by atoms with van der Waals surface area (Å²) in [6.07, 6.45) is 10.3. The molecule has 4 bridgehead atoms. The van der Waals surface area contributed by atoms with Gasteiger partial charge in [0.15, 0.2) is 0 Å². The number of imide groups is 2. The van der Waals surface area contributed by atoms with Gasteiger partial charge in [-0.25, -0.2) is 0 Å². The monoisotopic (exact) mass is 528 g/mol. The first-order valence-electron chi connectivity index (χ1n) is 14.0. The van der Waals surface area contributed by atoms with Gasteiger partial charge in [0, 0.05) is 24.7 Å². The number of pyridine rings is 1. The van der Waals surface area contributed by atoms with Gasteiger partial charge in [-0.15, -0.1) is 0 Å². The van der Waals surface area contributed by atoms with Crippen molar-refractivity contribution in [1.82, 2.24) is 20.5 Å². The molecule has 2 N–H and O–H groups in total. The summed E-state index contributed by atoms with van der Waals surface area (Å²) in [4.78, 5) is 55.7. The van der Waals surface area contributed by atoms with Crippen molar-refractivity contribution in [1.29, 1.82) is 0 Å². The van der Waals surface area contributed by atoms with Gasteiger partial charge < -0.3 is 10.1 Å². The Kier molecular flexibility index (Phi) is 5.80. The standard InChI is InChI=1S/C30H32N4O5/c35-25-7-6-23(27(36)33-25)34-28(37)22-2-1-3-24(26(22)29(34)38)39-16-21-5-4-17(14-31-21)15-32-30-11-18-8-19(12-30)10-20(9-18)13-30/h1-5,14,18-20,23,32H,6-13,15-16H2,(H,33,35,36). The Morgan fingerprint density at radius 3 is 2.38 bits per heavy atom. The van der Waals surface area contributed by atoms with Crippen LogP contribution in [0.3, 0.4) is 0 Å². The van der Waals surface area contributed by atoms with E-state index >= 15 is 0 Å². The highest BCUT2D eigenvalue weighted by molar-refractivity contribution is 6.24. The number of aromatic nitrogens is 1. The maximum atomic E-state index is 13.2. The number of benzene rings is 1. The van der Waals surface area contributed by atoms with Crippen molar-refractivity contribution in [3.8, 4) is 5.75 Å². The SMILES string of the molecule is O=C1CCC(N2C(=O)c3cccc(OCc4ccc(CNC56CC7CC(CC(C7)C5)C6)cn4)c3C2=O)C(=O)N1. The van der Waals surface area contributed by atoms with Crippen LogP contribution in [0.1, 0.15) is 83.3 Å². The number of hydrogen-bond donors (Lipinski definition) is 2. The van der Waals surface area contributed by atoms with Crippen molar-refractivity contribution < 1.29 is 23.9 Å². The van der Waals surface area contributed by atoms with Gasteiger partial charge in [-0.2, -0.15) is 0 Å². The predicted octanol–water partition coefficient (Wildman–Crippen LogP) is 3.12. The molecule has 1 aromatic heterocycles. The first-order chi connectivity index (χ1) is 18.9. The summed E-state index contributed by atoms with van der Waals surface area (Å²) >= 11 is 0. The number of nitrogens with zero attached hydrogens (tertiary/aromatic N) is 2. The molecule has 0 spiro atoms. The Morgan fingerprint density at radius 1 is 0.974 bits per heavy atom. The van der Waals surface area contributed by atoms with E-state index in [9.17, 15) is 19.2 Å². The van der Waals surface area contributed by atoms with E-state index in [-0.39, 0.29) is 36.3 Å². The number of amides is 4. The van der Waals surface area contributed by atoms with Crippen LogP contribution in [0.2, 0.25) is 0 Å². The third-order valence-electron chi connectivity index (χ3n) is 9.40. The molecule has 2 aromatic rings. The number of rotatable bonds is 7. The molecule has 4 aliphatic carbocycles. The third-order valence-corrected chi connectivity index (χ3v) is 9.40. The summed E-state index contributed by atoms with van der Waals surface area (Å²) in [6, 6.07) is 7.83. The summed E-state index contributed by atoms with van der Waals surface area (Å²) in [5.74, 6) is 0.805. The van der Waals surface area contributed by atoms with Crippen LogP contribution in [-0.4, -0.2) is 45.1 Å². The summed E-state index contributed by atoms with van der Waals surface area (Å²) in [7, 11) is 0. The Hall–Kier alpha value is -3.59. The van der Waals surface area contributed by atoms with Crippen molar-refractivity contribution in [2.45, 2.75) is 76.1 Å². The minimum absolute atomic E-state index is 0.0763. The quantitative estimate of drug-likeness (QED) is 0.530. The molecule has 202 valence electrons. The molecule has 9 heteroatoms. The lowest BCUT2D eigenvalue weighted by Crippen LogP contribution is -2.58. The number of nitrogens with one attached hydrogen (secondary N) is 2. The lowest BCUT2D eigenvalue weighted by atomic mass is 9.53. The van der Waals surface area contributed by atoms with Gasteiger partial charge in [0.1, 0.15) is 18.4 Å². The Labute approximate surface area is 226 Å². The topological polar surface area (TPSA) is 118 Å². The fourth-order valence-electron chi connectivity index (χ4n) is 8.02. The summed E-state index contributed by atoms with van der Waals surface area (Å²) in [6.45, 7) is 0.943. The highest BCUT2D eigenvalue weighted by Crippen LogP contribution is 2.55. The molecular weight excluding hydrogens is 496 g/mol. The number of carbonyl (C=O) groups excluding carboxylic acids is 4. The predicted molar refractivity (Wildman–Crippen MR) is 139 cm³/mol. The van der Waals surface area contributed by atoms with Crippen molar-refractivity contribution in [3.63, 3.8) is 0 Å². The van der Waals surface area contributed by atoms with E-state index < -0.39 is 29.7 Å². The lowest BCUT2D eigenvalue weighted by molar-refractivity contribution is -0.136. The zero-order chi connectivity index (χ0) is 26.7. The van der Waals surface area contributed by atoms with E-state index in [1.165, 1.54) is 38.5 Å². The summed E-state index contributed by atoms with van der Waals surface area (Å²) in [5.41, 5.74) is 2.49. The molecule has 5 fully saturated rings. The van der Waals surface area contributed by atoms with Crippen LogP contribution >= 0.6 is 0 Å². The molecule has 1 saturated heterocycles. The fourth-order valence-corrected chi connectivity index (χ4v) is 8.02. The molecule has 39 heavy (non-hydrogen) atoms. The second kappa shape index (κ2) is 9.26. The number of fused-ring (bicyclic) bond motifs is 1. The van der Waals surface area contributed by atoms with Crippen molar-refractivity contribution in [3.05, 3.63) is 58.9 Å². The molecule has 9 nitrogen and oxygen atoms in total. The number of hydrogen-bond acceptors (Lipinski definition) is 7. The number of ether oxygens (including phenoxy) is 1. The second-order valence-electron chi connectivity index (χ2n) is 12.1. The number of carbonyl (C=O) groups is 4. The van der Waals surface area contributed by atoms with E-state index in [2.05, 4.69) is 21.7 Å². The summed E-state index contributed by atoms with van der Waals surface area (Å²) in [5, 5.41) is 6.12. The second-order valence-corrected chi connectivity index (χ2v) is 12.1. The minimum Gasteiger partial charge on any atom is -0.486 e. The van der Waals surface area contributed by atoms with Crippen molar-refractivity contribution in [2.24, 2.45) is 17.8 Å². The van der Waals surface area contributed by atoms with Gasteiger partial charge in [-0.1, -0.05) is 12.1 Å². The fraction of sp³-hybridized carbons (Fsp3) is 0.500. The molecule has 3 heterocycles. The van der Waals surface area contributed by atoms with Crippen LogP contribution in [0, 0.1) is 17.8 Å². The zero-order valence-electron chi connectivity index (χ0n) is 21.8. The normalized spacial score (nSPS) is 31.0. The maximum absolute atomic E-state index is 13.2. The molecule has 8 rings (SSSR count). The van der Waals surface area contributed by atoms with Crippen LogP contribution < -0.4 is 15.4 Å². The van der Waals surface area contributed by atoms with Crippen LogP contribution in [0.5, 0.6) is 5.75 Å². The summed E-state index contributed by atoms with van der Waals surface area (Å²) < 4.78 is 5.97. The highest BCUT2D eigenvalue weighted by atomic mass is 16.5. The minimum atomic E-state index is -1.01. The van der Waals surface area contributed by atoms with E-state index in [4.69, 9.17) is 4.74 Å². The molecule has 2 aliphatic heterocycles. The Balaban J connectivity index is 0.998. The third kappa shape index (κ3) is 4.33. The molecule has 1 aromatic carbocycles. The molecular formula is C30H32N4O5. The smallest absolute Gasteiger partial charge is 0.266 e. The first kappa shape index (κ1) is 24.5. The van der Waals surface area contributed by atoms with Gasteiger partial charge >= 0.3 is 0 Å². The molecule has 6 aliphatic rings. The molecule has 1 unspecified atom stereocenters. The average Bonchev–Trinajstić information content (AvgIpc) is 3.16. The van der Waals surface area contributed by atoms with Gasteiger partial charge in [-0.3, -0.25) is 34.4 Å². The number of piperidine rings is 1. The maximum Gasteiger partial charge on any atom is 0.266 e. The van der Waals surface area contributed by atoms with E-state index in [0.29, 0.717) is 11.2 Å². The molecule has 4 saturated carbocycles. The van der Waals surface area contributed by atoms with Crippen LogP contribution in [-0.2, 0) is 22.7 Å². The van der Waals surface area contributed by atoms with Crippen LogP contribution in [0.4, 0.5) is 0 Å². The van der Waals surface area contributed by atoms with Gasteiger partial charge in [0.05, 0.1) is 16.8 Å². The van der Waals surface area contributed by atoms with Gasteiger partial charge in [0.2, 0.25) is 11.8 Å². The van der Waals surface area contributed by atoms with Crippen LogP contribution in [0.15, 0.2) is 36.5 Å². The van der Waals surface area contributed by atoms with Crippen molar-refractivity contribution >= 4 is 23.6 Å². The van der Waals surface area contributed by atoms with Crippen LogP contribution in [0.25, 0.3) is 0 Å². The average molecular weight is 529 g/mol. The zero-order valence-corrected chi connectivity index (χ0v) is 21.8. The molecule has 1 atom stereocenters. The highest BCUT2D eigenvalue weighted by Gasteiger charge is 2.50. The van der Waals surface area contributed by atoms with E-state index in [0.717, 1.165) is 34.8 Å².